The molecule has 1 unspecified atom stereocenters. The molecule has 0 aromatic heterocycles. The highest BCUT2D eigenvalue weighted by Crippen LogP contribution is 2.24. The minimum atomic E-state index is -0.960. The van der Waals surface area contributed by atoms with Crippen molar-refractivity contribution in [3.8, 4) is 11.8 Å². The lowest BCUT2D eigenvalue weighted by molar-refractivity contribution is -0.137. The van der Waals surface area contributed by atoms with Crippen LogP contribution in [0.5, 0.6) is 5.75 Å². The molecule has 0 spiro atoms. The Morgan fingerprint density at radius 1 is 1.59 bits per heavy atom. The average molecular weight is 235 g/mol. The summed E-state index contributed by atoms with van der Waals surface area (Å²) < 4.78 is 4.97. The lowest BCUT2D eigenvalue weighted by atomic mass is 10.0. The fourth-order valence-corrected chi connectivity index (χ4v) is 1.45. The third kappa shape index (κ3) is 3.47. The molecule has 17 heavy (non-hydrogen) atoms. The van der Waals surface area contributed by atoms with Crippen LogP contribution < -0.4 is 4.74 Å². The number of nitriles is 1. The Hall–Kier alpha value is -2.06. The summed E-state index contributed by atoms with van der Waals surface area (Å²) >= 11 is 0. The smallest absolute Gasteiger partial charge is 0.303 e. The van der Waals surface area contributed by atoms with Gasteiger partial charge >= 0.3 is 5.97 Å². The van der Waals surface area contributed by atoms with Crippen LogP contribution in [0.25, 0.3) is 0 Å². The molecule has 5 nitrogen and oxygen atoms in total. The van der Waals surface area contributed by atoms with Crippen LogP contribution in [0.2, 0.25) is 0 Å². The van der Waals surface area contributed by atoms with Crippen molar-refractivity contribution in [1.82, 2.24) is 0 Å². The second-order valence-electron chi connectivity index (χ2n) is 3.52. The summed E-state index contributed by atoms with van der Waals surface area (Å²) in [4.78, 5) is 10.4. The van der Waals surface area contributed by atoms with Crippen LogP contribution in [0.3, 0.4) is 0 Å². The number of ether oxygens (including phenoxy) is 1. The number of methoxy groups -OCH3 is 1. The van der Waals surface area contributed by atoms with Crippen molar-refractivity contribution in [1.29, 1.82) is 5.26 Å². The van der Waals surface area contributed by atoms with E-state index in [-0.39, 0.29) is 12.8 Å². The van der Waals surface area contributed by atoms with Crippen LogP contribution in [-0.4, -0.2) is 23.3 Å². The van der Waals surface area contributed by atoms with Gasteiger partial charge in [0.1, 0.15) is 11.8 Å². The fourth-order valence-electron chi connectivity index (χ4n) is 1.45. The molecule has 0 radical (unpaired) electrons. The number of aliphatic hydroxyl groups excluding tert-OH is 1. The Morgan fingerprint density at radius 3 is 2.82 bits per heavy atom. The number of carbonyl (C=O) groups is 1. The largest absolute Gasteiger partial charge is 0.495 e. The highest BCUT2D eigenvalue weighted by molar-refractivity contribution is 5.66. The van der Waals surface area contributed by atoms with Crippen molar-refractivity contribution in [3.63, 3.8) is 0 Å². The van der Waals surface area contributed by atoms with Crippen molar-refractivity contribution in [2.45, 2.75) is 18.9 Å². The van der Waals surface area contributed by atoms with E-state index in [1.54, 1.807) is 12.1 Å². The standard InChI is InChI=1S/C12H13NO4/c1-17-11-4-2-8(6-9(11)7-13)10(14)3-5-12(15)16/h2,4,6,10,14H,3,5H2,1H3,(H,15,16). The average Bonchev–Trinajstić information content (AvgIpc) is 2.34. The van der Waals surface area contributed by atoms with E-state index in [1.807, 2.05) is 6.07 Å². The van der Waals surface area contributed by atoms with Crippen LogP contribution >= 0.6 is 0 Å². The molecule has 0 fully saturated rings. The molecule has 2 N–H and O–H groups in total. The van der Waals surface area contributed by atoms with Gasteiger partial charge in [-0.3, -0.25) is 4.79 Å². The molecule has 1 aromatic rings. The van der Waals surface area contributed by atoms with Crippen molar-refractivity contribution in [3.05, 3.63) is 29.3 Å². The monoisotopic (exact) mass is 235 g/mol. The minimum absolute atomic E-state index is 0.116. The van der Waals surface area contributed by atoms with E-state index in [2.05, 4.69) is 0 Å². The maximum atomic E-state index is 10.4. The Labute approximate surface area is 98.9 Å². The lowest BCUT2D eigenvalue weighted by Crippen LogP contribution is -2.03. The van der Waals surface area contributed by atoms with Crippen LogP contribution in [0.4, 0.5) is 0 Å². The van der Waals surface area contributed by atoms with Gasteiger partial charge in [0.2, 0.25) is 0 Å². The number of carboxylic acid groups (broad SMARTS) is 1. The number of rotatable bonds is 5. The predicted molar refractivity (Wildman–Crippen MR) is 59.5 cm³/mol. The highest BCUT2D eigenvalue weighted by atomic mass is 16.5. The second kappa shape index (κ2) is 5.87. The Balaban J connectivity index is 2.85. The molecular formula is C12H13NO4. The third-order valence-electron chi connectivity index (χ3n) is 2.36. The molecule has 0 saturated carbocycles. The topological polar surface area (TPSA) is 90.6 Å². The van der Waals surface area contributed by atoms with E-state index >= 15 is 0 Å². The van der Waals surface area contributed by atoms with E-state index in [4.69, 9.17) is 15.1 Å². The fraction of sp³-hybridized carbons (Fsp3) is 0.333. The zero-order valence-corrected chi connectivity index (χ0v) is 9.38. The molecular weight excluding hydrogens is 222 g/mol. The van der Waals surface area contributed by atoms with Gasteiger partial charge in [0, 0.05) is 6.42 Å². The van der Waals surface area contributed by atoms with Gasteiger partial charge in [0.25, 0.3) is 0 Å². The van der Waals surface area contributed by atoms with Crippen LogP contribution in [0.1, 0.15) is 30.1 Å². The molecule has 0 heterocycles. The molecule has 1 atom stereocenters. The van der Waals surface area contributed by atoms with Crippen LogP contribution in [0, 0.1) is 11.3 Å². The normalized spacial score (nSPS) is 11.6. The summed E-state index contributed by atoms with van der Waals surface area (Å²) in [6, 6.07) is 6.66. The van der Waals surface area contributed by atoms with Gasteiger partial charge in [-0.2, -0.15) is 5.26 Å². The van der Waals surface area contributed by atoms with Gasteiger partial charge in [-0.1, -0.05) is 6.07 Å². The SMILES string of the molecule is COc1ccc(C(O)CCC(=O)O)cc1C#N. The summed E-state index contributed by atoms with van der Waals surface area (Å²) in [6.45, 7) is 0. The first kappa shape index (κ1) is 13.0. The molecule has 90 valence electrons. The molecule has 0 bridgehead atoms. The van der Waals surface area contributed by atoms with Gasteiger partial charge in [0.15, 0.2) is 0 Å². The molecule has 5 heteroatoms. The van der Waals surface area contributed by atoms with Crippen molar-refractivity contribution < 1.29 is 19.7 Å². The first-order chi connectivity index (χ1) is 8.08. The van der Waals surface area contributed by atoms with E-state index in [1.165, 1.54) is 13.2 Å². The lowest BCUT2D eigenvalue weighted by Gasteiger charge is -2.11. The third-order valence-corrected chi connectivity index (χ3v) is 2.36. The van der Waals surface area contributed by atoms with Crippen LogP contribution in [-0.2, 0) is 4.79 Å². The molecule has 0 amide bonds. The molecule has 0 aliphatic heterocycles. The Morgan fingerprint density at radius 2 is 2.29 bits per heavy atom. The van der Waals surface area contributed by atoms with E-state index < -0.39 is 12.1 Å². The predicted octanol–water partition coefficient (Wildman–Crippen LogP) is 1.47. The van der Waals surface area contributed by atoms with Gasteiger partial charge in [-0.15, -0.1) is 0 Å². The van der Waals surface area contributed by atoms with Gasteiger partial charge < -0.3 is 14.9 Å². The van der Waals surface area contributed by atoms with Crippen molar-refractivity contribution >= 4 is 5.97 Å². The Kier molecular flexibility index (Phi) is 4.49. The molecule has 0 aliphatic rings. The van der Waals surface area contributed by atoms with Crippen molar-refractivity contribution in [2.24, 2.45) is 0 Å². The van der Waals surface area contributed by atoms with E-state index in [9.17, 15) is 9.90 Å². The number of aliphatic carboxylic acids is 1. The maximum Gasteiger partial charge on any atom is 0.303 e. The van der Waals surface area contributed by atoms with Gasteiger partial charge in [-0.05, 0) is 24.1 Å². The Bertz CT molecular complexity index is 450. The van der Waals surface area contributed by atoms with E-state index in [0.717, 1.165) is 0 Å². The summed E-state index contributed by atoms with van der Waals surface area (Å²) in [7, 11) is 1.46. The zero-order chi connectivity index (χ0) is 12.8. The molecule has 1 aromatic carbocycles. The molecule has 0 saturated heterocycles. The number of nitrogens with zero attached hydrogens (tertiary/aromatic N) is 1. The highest BCUT2D eigenvalue weighted by Gasteiger charge is 2.12. The first-order valence-corrected chi connectivity index (χ1v) is 5.06. The summed E-state index contributed by atoms with van der Waals surface area (Å²) in [5.41, 5.74) is 0.836. The van der Waals surface area contributed by atoms with E-state index in [0.29, 0.717) is 16.9 Å². The summed E-state index contributed by atoms with van der Waals surface area (Å²) in [5, 5.41) is 27.1. The van der Waals surface area contributed by atoms with Crippen molar-refractivity contribution in [2.75, 3.05) is 7.11 Å². The van der Waals surface area contributed by atoms with Gasteiger partial charge in [-0.25, -0.2) is 0 Å². The first-order valence-electron chi connectivity index (χ1n) is 5.06. The number of aliphatic hydroxyl groups is 1. The number of hydrogen-bond acceptors (Lipinski definition) is 4. The number of carboxylic acids is 1. The zero-order valence-electron chi connectivity index (χ0n) is 9.38. The molecule has 1 rings (SSSR count). The van der Waals surface area contributed by atoms with Gasteiger partial charge in [0.05, 0.1) is 18.8 Å². The quantitative estimate of drug-likeness (QED) is 0.806. The summed E-state index contributed by atoms with van der Waals surface area (Å²) in [5.74, 6) is -0.528. The molecule has 0 aliphatic carbocycles. The second-order valence-corrected chi connectivity index (χ2v) is 3.52. The maximum absolute atomic E-state index is 10.4. The number of benzene rings is 1. The number of hydrogen-bond donors (Lipinski definition) is 2. The minimum Gasteiger partial charge on any atom is -0.495 e. The van der Waals surface area contributed by atoms with Crippen LogP contribution in [0.15, 0.2) is 18.2 Å². The summed E-state index contributed by atoms with van der Waals surface area (Å²) in [6.07, 6.45) is -0.883.